The van der Waals surface area contributed by atoms with Gasteiger partial charge in [-0.25, -0.2) is 0 Å². The van der Waals surface area contributed by atoms with Gasteiger partial charge in [-0.2, -0.15) is 79.0 Å². The summed E-state index contributed by atoms with van der Waals surface area (Å²) in [5.41, 5.74) is -22.1. The number of rotatable bonds is 26. The molecule has 7 N–H and O–H groups in total. The van der Waals surface area contributed by atoms with E-state index in [2.05, 4.69) is 0 Å². The number of ether oxygens (including phenoxy) is 5. The lowest BCUT2D eigenvalue weighted by Gasteiger charge is -2.46. The topological polar surface area (TPSA) is 273 Å². The van der Waals surface area contributed by atoms with Gasteiger partial charge in [-0.1, -0.05) is 60.8 Å². The fraction of sp³-hybridized carbons (Fsp3) is 0.933. The zero-order valence-electron chi connectivity index (χ0n) is 67.9. The molecule has 0 aliphatic heterocycles. The summed E-state index contributed by atoms with van der Waals surface area (Å²) in [4.78, 5) is 60.1. The van der Waals surface area contributed by atoms with Gasteiger partial charge in [0.2, 0.25) is 0 Å². The number of aliphatic hydroxyl groups is 7. The van der Waals surface area contributed by atoms with Crippen LogP contribution in [0.1, 0.15) is 288 Å². The fourth-order valence-corrected chi connectivity index (χ4v) is 10.9. The Balaban J connectivity index is 0. The van der Waals surface area contributed by atoms with Crippen LogP contribution in [-0.4, -0.2) is 173 Å². The lowest BCUT2D eigenvalue weighted by molar-refractivity contribution is -0.299. The third kappa shape index (κ3) is 31.4. The molecular weight excluding hydrogens is 1510 g/mol. The fourth-order valence-electron chi connectivity index (χ4n) is 10.9. The van der Waals surface area contributed by atoms with Crippen LogP contribution in [0.3, 0.4) is 0 Å². The van der Waals surface area contributed by atoms with Gasteiger partial charge in [0.1, 0.15) is 30.5 Å². The largest absolute Gasteiger partial charge is 0.462 e. The molecule has 3 rings (SSSR count). The van der Waals surface area contributed by atoms with E-state index in [4.69, 9.17) is 23.7 Å². The summed E-state index contributed by atoms with van der Waals surface area (Å²) < 4.78 is 259. The summed E-state index contributed by atoms with van der Waals surface area (Å²) in [6.45, 7) is 32.2. The van der Waals surface area contributed by atoms with Crippen LogP contribution in [0.5, 0.6) is 0 Å². The third-order valence-electron chi connectivity index (χ3n) is 22.4. The molecule has 0 amide bonds. The number of hydrogen-bond donors (Lipinski definition) is 7. The van der Waals surface area contributed by atoms with Gasteiger partial charge < -0.3 is 59.4 Å². The second-order valence-electron chi connectivity index (χ2n) is 34.2. The molecule has 17 nitrogen and oxygen atoms in total. The summed E-state index contributed by atoms with van der Waals surface area (Å²) in [5.74, 6) is -7.70. The van der Waals surface area contributed by atoms with Gasteiger partial charge in [0.05, 0.1) is 33.2 Å². The summed E-state index contributed by atoms with van der Waals surface area (Å²) in [7, 11) is 0. The zero-order valence-corrected chi connectivity index (χ0v) is 67.9. The Morgan fingerprint density at radius 2 is 0.664 bits per heavy atom. The second kappa shape index (κ2) is 40.1. The highest BCUT2D eigenvalue weighted by atomic mass is 19.4. The SMILES string of the molecule is CCC(C)(C)C(=O)OC(C)CC(C)(O)C(F)(F)F.CCC(C)(C)C(=O)OC(CC(C)(O)C(F)(F)F)C1CCCCC1.CCC(C)(C)C(=O)OC1CC(C(C)(O)C(F)(F)F)CC(C(C)(O)C(F)(F)F)C1.CCC(C)(C)C(=O)OC1CCC(O)C(C(C)(O)C(F)(F)F)C1.CCC(CC(C)(O)C(F)(F)F)OC(=O)C(C)(C)CC. The first-order valence-electron chi connectivity index (χ1n) is 37.2. The smallest absolute Gasteiger partial charge is 0.417 e. The molecule has 35 heteroatoms. The number of esters is 5. The standard InChI is InChI=1S/C18H28F6O4.C17H29F3O3.C15H25F3O4.C13H23F3O3.C12H21F3O3/c1-6-14(2,3)13(25)28-12-8-10(15(4,26)17(19,20)21)7-11(9-12)16(5,27)18(22,23)24;1-5-15(2,3)14(21)23-13(12-9-7-6-8-10-12)11-16(4,22)17(18,19)20;1-5-13(2,3)12(20)22-9-6-7-11(19)10(8-9)14(4,21)15(16,17)18;1-6-9(8-12(5,18)13(14,15)16)19-10(17)11(3,4)7-2;1-6-10(3,4)9(16)18-8(2)7-11(5,17)12(13,14)15/h10-12,26-27H,6-9H2,1-5H3;12-13,22H,5-11H2,1-4H3;9-11,19,21H,5-8H2,1-4H3;9,18H,6-8H2,1-5H3;8,17H,6-7H2,1-5H3. The van der Waals surface area contributed by atoms with Crippen molar-refractivity contribution < 1.29 is 162 Å². The Bertz CT molecular complexity index is 2800. The maximum Gasteiger partial charge on any atom is 0.417 e. The van der Waals surface area contributed by atoms with Crippen molar-refractivity contribution in [1.82, 2.24) is 0 Å². The van der Waals surface area contributed by atoms with E-state index < -0.39 is 220 Å². The minimum atomic E-state index is -5.10. The van der Waals surface area contributed by atoms with Crippen LogP contribution in [0, 0.1) is 50.7 Å². The lowest BCUT2D eigenvalue weighted by Crippen LogP contribution is -2.57. The van der Waals surface area contributed by atoms with Gasteiger partial charge in [-0.3, -0.25) is 24.0 Å². The molecule has 0 radical (unpaired) electrons. The number of halogens is 18. The van der Waals surface area contributed by atoms with Crippen molar-refractivity contribution in [2.45, 2.75) is 395 Å². The monoisotopic (exact) mass is 1640 g/mol. The van der Waals surface area contributed by atoms with Crippen LogP contribution >= 0.6 is 0 Å². The van der Waals surface area contributed by atoms with Crippen LogP contribution in [0.25, 0.3) is 0 Å². The molecule has 14 unspecified atom stereocenters. The first kappa shape index (κ1) is 108. The molecule has 0 saturated heterocycles. The van der Waals surface area contributed by atoms with Crippen molar-refractivity contribution in [2.75, 3.05) is 0 Å². The summed E-state index contributed by atoms with van der Waals surface area (Å²) >= 11 is 0. The number of carbonyl (C=O) groups excluding carboxylic acids is 5. The molecule has 0 spiro atoms. The van der Waals surface area contributed by atoms with E-state index in [-0.39, 0.29) is 31.6 Å². The molecule has 0 aromatic carbocycles. The van der Waals surface area contributed by atoms with E-state index in [9.17, 15) is 139 Å². The summed E-state index contributed by atoms with van der Waals surface area (Å²) in [5, 5.41) is 68.1. The van der Waals surface area contributed by atoms with Crippen molar-refractivity contribution in [3.63, 3.8) is 0 Å². The van der Waals surface area contributed by atoms with Crippen molar-refractivity contribution in [2.24, 2.45) is 50.7 Å². The van der Waals surface area contributed by atoms with E-state index in [1.54, 1.807) is 96.9 Å². The minimum absolute atomic E-state index is 0.0569. The quantitative estimate of drug-likeness (QED) is 0.0241. The van der Waals surface area contributed by atoms with Crippen LogP contribution in [0.4, 0.5) is 79.0 Å². The number of hydrogen-bond acceptors (Lipinski definition) is 17. The molecule has 3 saturated carbocycles. The Morgan fingerprint density at radius 1 is 0.355 bits per heavy atom. The molecule has 3 aliphatic rings. The number of carbonyl (C=O) groups is 5. The highest BCUT2D eigenvalue weighted by molar-refractivity contribution is 5.78. The molecule has 3 aliphatic carbocycles. The molecule has 110 heavy (non-hydrogen) atoms. The first-order valence-corrected chi connectivity index (χ1v) is 37.2. The van der Waals surface area contributed by atoms with Crippen molar-refractivity contribution in [3.8, 4) is 0 Å². The predicted octanol–water partition coefficient (Wildman–Crippen LogP) is 18.3. The van der Waals surface area contributed by atoms with Crippen LogP contribution in [0.15, 0.2) is 0 Å². The molecule has 0 bridgehead atoms. The highest BCUT2D eigenvalue weighted by Crippen LogP contribution is 2.52. The molecule has 0 heterocycles. The molecule has 3 fully saturated rings. The van der Waals surface area contributed by atoms with E-state index in [0.29, 0.717) is 66.7 Å². The maximum atomic E-state index is 13.3. The van der Waals surface area contributed by atoms with Gasteiger partial charge in [-0.15, -0.1) is 0 Å². The van der Waals surface area contributed by atoms with Crippen LogP contribution in [0.2, 0.25) is 0 Å². The Kier molecular flexibility index (Phi) is 39.3. The van der Waals surface area contributed by atoms with Gasteiger partial charge in [0, 0.05) is 37.0 Å². The second-order valence-corrected chi connectivity index (χ2v) is 34.2. The maximum absolute atomic E-state index is 13.3. The lowest BCUT2D eigenvalue weighted by atomic mass is 9.67. The van der Waals surface area contributed by atoms with Crippen molar-refractivity contribution in [3.05, 3.63) is 0 Å². The molecule has 654 valence electrons. The summed E-state index contributed by atoms with van der Waals surface area (Å²) in [6.07, 6.45) is -31.8. The normalized spacial score (nSPS) is 23.9. The van der Waals surface area contributed by atoms with Gasteiger partial charge >= 0.3 is 66.9 Å². The number of aliphatic hydroxyl groups excluding tert-OH is 1. The Hall–Kier alpha value is -4.19. The van der Waals surface area contributed by atoms with Gasteiger partial charge in [0.15, 0.2) is 33.6 Å². The average molecular weight is 1640 g/mol. The highest BCUT2D eigenvalue weighted by Gasteiger charge is 2.63. The predicted molar refractivity (Wildman–Crippen MR) is 370 cm³/mol. The average Bonchev–Trinajstić information content (AvgIpc) is 0.765. The van der Waals surface area contributed by atoms with Gasteiger partial charge in [0.25, 0.3) is 0 Å². The Morgan fingerprint density at radius 3 is 0.991 bits per heavy atom. The van der Waals surface area contributed by atoms with Crippen molar-refractivity contribution in [1.29, 1.82) is 0 Å². The Labute approximate surface area is 636 Å². The van der Waals surface area contributed by atoms with Crippen LogP contribution < -0.4 is 0 Å². The van der Waals surface area contributed by atoms with Crippen LogP contribution in [-0.2, 0) is 47.7 Å². The first-order chi connectivity index (χ1) is 48.7. The third-order valence-corrected chi connectivity index (χ3v) is 22.4. The summed E-state index contributed by atoms with van der Waals surface area (Å²) in [6, 6.07) is 0. The van der Waals surface area contributed by atoms with Crippen molar-refractivity contribution >= 4 is 29.8 Å². The van der Waals surface area contributed by atoms with E-state index >= 15 is 0 Å². The minimum Gasteiger partial charge on any atom is -0.462 e. The van der Waals surface area contributed by atoms with E-state index in [1.165, 1.54) is 6.92 Å². The zero-order chi connectivity index (χ0) is 87.8. The molecular formula is C75H126F18O17. The molecule has 14 atom stereocenters. The number of alkyl halides is 18. The van der Waals surface area contributed by atoms with E-state index in [0.717, 1.165) is 39.0 Å². The van der Waals surface area contributed by atoms with E-state index in [1.807, 2.05) is 13.8 Å². The van der Waals surface area contributed by atoms with Gasteiger partial charge in [-0.05, 0) is 214 Å². The molecule has 0 aromatic rings. The molecule has 0 aromatic heterocycles.